The number of nitrogens with zero attached hydrogens (tertiary/aromatic N) is 2. The summed E-state index contributed by atoms with van der Waals surface area (Å²) >= 11 is 17.3. The first-order valence-corrected chi connectivity index (χ1v) is 17.7. The van der Waals surface area contributed by atoms with E-state index in [0.717, 1.165) is 42.6 Å². The van der Waals surface area contributed by atoms with Crippen LogP contribution >= 0.6 is 47.2 Å². The third-order valence-corrected chi connectivity index (χ3v) is 9.82. The Morgan fingerprint density at radius 3 is 1.52 bits per heavy atom. The van der Waals surface area contributed by atoms with Crippen molar-refractivity contribution in [2.45, 2.75) is 75.6 Å². The molecule has 0 spiro atoms. The van der Waals surface area contributed by atoms with Crippen molar-refractivity contribution in [2.75, 3.05) is 39.6 Å². The van der Waals surface area contributed by atoms with Gasteiger partial charge in [0.2, 0.25) is 0 Å². The van der Waals surface area contributed by atoms with Crippen LogP contribution in [0.1, 0.15) is 85.5 Å². The predicted molar refractivity (Wildman–Crippen MR) is 215 cm³/mol. The van der Waals surface area contributed by atoms with Crippen LogP contribution in [-0.4, -0.2) is 66.6 Å². The molecule has 0 saturated carbocycles. The summed E-state index contributed by atoms with van der Waals surface area (Å²) in [6.07, 6.45) is -1.12. The molecule has 50 heavy (non-hydrogen) atoms. The maximum Gasteiger partial charge on any atom is 0.115 e. The van der Waals surface area contributed by atoms with Gasteiger partial charge in [-0.3, -0.25) is 0 Å². The Hall–Kier alpha value is -2.12. The molecule has 4 atom stereocenters. The second-order valence-electron chi connectivity index (χ2n) is 12.7. The van der Waals surface area contributed by atoms with Crippen LogP contribution in [0.25, 0.3) is 0 Å². The number of hydrogen-bond acceptors (Lipinski definition) is 4. The number of ether oxygens (including phenoxy) is 1. The van der Waals surface area contributed by atoms with Crippen molar-refractivity contribution < 1.29 is 20.8 Å². The van der Waals surface area contributed by atoms with Crippen molar-refractivity contribution in [3.63, 3.8) is 0 Å². The molecule has 2 aliphatic rings. The van der Waals surface area contributed by atoms with Crippen LogP contribution in [0.2, 0.25) is 10.0 Å². The Morgan fingerprint density at radius 2 is 1.08 bits per heavy atom. The van der Waals surface area contributed by atoms with E-state index in [2.05, 4.69) is 0 Å². The highest BCUT2D eigenvalue weighted by Crippen LogP contribution is 2.35. The average Bonchev–Trinajstić information content (AvgIpc) is 3.81. The first kappa shape index (κ1) is 31.4. The number of benzene rings is 4. The van der Waals surface area contributed by atoms with Gasteiger partial charge < -0.3 is 19.6 Å². The molecule has 0 aromatic heterocycles. The van der Waals surface area contributed by atoms with Crippen molar-refractivity contribution in [3.05, 3.63) is 141 Å². The smallest absolute Gasteiger partial charge is 0.115 e. The van der Waals surface area contributed by atoms with Crippen molar-refractivity contribution in [2.24, 2.45) is 0 Å². The van der Waals surface area contributed by atoms with E-state index in [4.69, 9.17) is 50.5 Å². The van der Waals surface area contributed by atoms with E-state index < -0.39 is 48.4 Å². The molecule has 4 aromatic rings. The maximum atomic E-state index is 10.5. The third-order valence-electron chi connectivity index (χ3n) is 9.20. The van der Waals surface area contributed by atoms with Gasteiger partial charge in [0.15, 0.2) is 0 Å². The van der Waals surface area contributed by atoms with Crippen molar-refractivity contribution >= 4 is 47.2 Å². The maximum absolute atomic E-state index is 10.5. The molecule has 272 valence electrons. The molecule has 2 heterocycles. The lowest BCUT2D eigenvalue weighted by Crippen LogP contribution is -2.31. The van der Waals surface area contributed by atoms with Crippen LogP contribution in [0.4, 0.5) is 0 Å². The molecule has 8 heteroatoms. The highest BCUT2D eigenvalue weighted by molar-refractivity contribution is 6.30. The van der Waals surface area contributed by atoms with Gasteiger partial charge in [-0.2, -0.15) is 0 Å². The molecular weight excluding hydrogens is 706 g/mol. The quantitative estimate of drug-likeness (QED) is 0.163. The molecule has 2 aliphatic heterocycles. The molecule has 0 radical (unpaired) electrons. The van der Waals surface area contributed by atoms with E-state index in [1.807, 2.05) is 89.6 Å². The summed E-state index contributed by atoms with van der Waals surface area (Å²) in [5.41, 5.74) is 1.01. The minimum absolute atomic E-state index is 0. The van der Waals surface area contributed by atoms with Gasteiger partial charge in [-0.05, 0) is 126 Å². The third kappa shape index (κ3) is 12.0. The van der Waals surface area contributed by atoms with Crippen LogP contribution in [0, 0.1) is 0 Å². The predicted octanol–water partition coefficient (Wildman–Crippen LogP) is 10.8. The standard InChI is InChI=1S/C21H26ClNO.C14H13ClO.C7H14ClN.ClH/c1-21(17-7-4-3-5-8-17,18-10-12-19(22)13-11-18)24-16-14-20-9-6-15-23(20)2;1-14(16,11-5-3-2-4-6-11)12-7-9-13(15)10-8-12;1-9-6-2-3-7(9)4-5-8;/h3-5,7-8,10-13,20H,6,9,14-16H2,1-2H3;2-10,16H,1H3;7H,2-6H2,1H3;1H/t20-,21?;;7-;/m1.1./s1/i14D2,16D2;;4D2,5D2;. The van der Waals surface area contributed by atoms with E-state index >= 15 is 0 Å². The Morgan fingerprint density at radius 1 is 0.680 bits per heavy atom. The first-order chi connectivity index (χ1) is 26.4. The molecule has 2 saturated heterocycles. The average molecular weight is 769 g/mol. The van der Waals surface area contributed by atoms with E-state index in [9.17, 15) is 5.11 Å². The van der Waals surface area contributed by atoms with Crippen molar-refractivity contribution in [1.82, 2.24) is 9.80 Å². The van der Waals surface area contributed by atoms with Crippen LogP contribution in [-0.2, 0) is 15.9 Å². The van der Waals surface area contributed by atoms with E-state index in [0.29, 0.717) is 28.5 Å². The van der Waals surface area contributed by atoms with Gasteiger partial charge >= 0.3 is 0 Å². The highest BCUT2D eigenvalue weighted by Gasteiger charge is 2.31. The molecule has 0 bridgehead atoms. The minimum Gasteiger partial charge on any atom is -0.381 e. The number of aliphatic hydroxyl groups is 1. The first-order valence-electron chi connectivity index (χ1n) is 20.6. The normalized spacial score (nSPS) is 23.4. The van der Waals surface area contributed by atoms with E-state index in [1.54, 1.807) is 57.3 Å². The summed E-state index contributed by atoms with van der Waals surface area (Å²) in [5, 5.41) is 11.8. The highest BCUT2D eigenvalue weighted by atomic mass is 35.5. The summed E-state index contributed by atoms with van der Waals surface area (Å²) in [4.78, 5) is 3.71. The lowest BCUT2D eigenvalue weighted by Gasteiger charge is -2.32. The fourth-order valence-corrected chi connectivity index (χ4v) is 6.34. The lowest BCUT2D eigenvalue weighted by molar-refractivity contribution is -0.0117. The fraction of sp³-hybridized carbons (Fsp3) is 0.429. The topological polar surface area (TPSA) is 35.9 Å². The zero-order chi connectivity index (χ0) is 42.5. The Bertz CT molecular complexity index is 1860. The van der Waals surface area contributed by atoms with Gasteiger partial charge in [0, 0.05) is 42.7 Å². The fourth-order valence-electron chi connectivity index (χ4n) is 5.96. The number of hydrogen-bond donors (Lipinski definition) is 1. The molecule has 0 amide bonds. The van der Waals surface area contributed by atoms with Crippen molar-refractivity contribution in [3.8, 4) is 0 Å². The Balaban J connectivity index is 0.000000254. The molecule has 2 fully saturated rings. The van der Waals surface area contributed by atoms with Gasteiger partial charge in [-0.25, -0.2) is 0 Å². The molecule has 0 aliphatic carbocycles. The summed E-state index contributed by atoms with van der Waals surface area (Å²) in [5.74, 6) is -2.30. The number of alkyl halides is 1. The van der Waals surface area contributed by atoms with Crippen LogP contribution in [0.15, 0.2) is 109 Å². The van der Waals surface area contributed by atoms with Crippen LogP contribution in [0.3, 0.4) is 0 Å². The van der Waals surface area contributed by atoms with E-state index in [1.165, 1.54) is 0 Å². The monoisotopic (exact) mass is 766 g/mol. The molecular formula is C42H54Cl4N2O2. The molecule has 4 nitrogen and oxygen atoms in total. The zero-order valence-corrected chi connectivity index (χ0v) is 32.2. The molecule has 4 aromatic carbocycles. The Labute approximate surface area is 333 Å². The number of rotatable bonds is 10. The molecule has 2 unspecified atom stereocenters. The lowest BCUT2D eigenvalue weighted by atomic mass is 9.88. The van der Waals surface area contributed by atoms with Crippen molar-refractivity contribution in [1.29, 1.82) is 0 Å². The van der Waals surface area contributed by atoms with Gasteiger partial charge in [0.1, 0.15) is 11.2 Å². The molecule has 1 N–H and O–H groups in total. The zero-order valence-electron chi connectivity index (χ0n) is 37.1. The second kappa shape index (κ2) is 20.8. The largest absolute Gasteiger partial charge is 0.381 e. The van der Waals surface area contributed by atoms with Gasteiger partial charge in [-0.15, -0.1) is 24.0 Å². The summed E-state index contributed by atoms with van der Waals surface area (Å²) < 4.78 is 70.1. The number of likely N-dealkylation sites (tertiary alicyclic amines) is 2. The number of halogens is 4. The summed E-state index contributed by atoms with van der Waals surface area (Å²) in [7, 11) is 3.64. The van der Waals surface area contributed by atoms with Gasteiger partial charge in [-0.1, -0.05) is 108 Å². The minimum atomic E-state index is -2.51. The summed E-state index contributed by atoms with van der Waals surface area (Å²) in [6, 6.07) is 32.3. The second-order valence-corrected chi connectivity index (χ2v) is 13.8. The molecule has 6 rings (SSSR count). The SMILES string of the molecule is CC(O)(c1ccccc1)c1ccc(Cl)cc1.Cl.[2H]C([2H])(Cl)C([2H])([2H])[C@H]1CCCN1C.[2H]C([2H])(OC(C)(c1ccccc1)c1ccc(Cl)cc1)C([2H])([2H])[C@H]1CCCN1C. The van der Waals surface area contributed by atoms with Crippen LogP contribution in [0.5, 0.6) is 0 Å². The van der Waals surface area contributed by atoms with Gasteiger partial charge in [0.25, 0.3) is 0 Å². The summed E-state index contributed by atoms with van der Waals surface area (Å²) in [6.45, 7) is 2.62. The van der Waals surface area contributed by atoms with Gasteiger partial charge in [0.05, 0.1) is 2.74 Å². The van der Waals surface area contributed by atoms with Crippen LogP contribution < -0.4 is 0 Å². The Kier molecular flexibility index (Phi) is 13.1. The van der Waals surface area contributed by atoms with E-state index in [-0.39, 0.29) is 12.4 Å².